The van der Waals surface area contributed by atoms with Crippen molar-refractivity contribution >= 4 is 6.03 Å². The number of urea groups is 1. The molecule has 2 amide bonds. The molecule has 186 valence electrons. The van der Waals surface area contributed by atoms with Gasteiger partial charge in [-0.3, -0.25) is 4.98 Å². The van der Waals surface area contributed by atoms with E-state index in [4.69, 9.17) is 0 Å². The lowest BCUT2D eigenvalue weighted by Gasteiger charge is -2.63. The predicted octanol–water partition coefficient (Wildman–Crippen LogP) is 5.63. The van der Waals surface area contributed by atoms with Crippen LogP contribution in [0.4, 0.5) is 26.7 Å². The molecule has 2 spiro atoms. The minimum Gasteiger partial charge on any atom is -0.323 e. The molecule has 1 aromatic heterocycles. The van der Waals surface area contributed by atoms with Gasteiger partial charge in [-0.1, -0.05) is 12.1 Å². The molecular weight excluding hydrogens is 465 g/mol. The van der Waals surface area contributed by atoms with Crippen LogP contribution >= 0.6 is 0 Å². The average molecular weight is 492 g/mol. The Morgan fingerprint density at radius 1 is 0.943 bits per heavy atom. The zero-order chi connectivity index (χ0) is 24.6. The van der Waals surface area contributed by atoms with Crippen LogP contribution in [0.5, 0.6) is 0 Å². The monoisotopic (exact) mass is 491 g/mol. The van der Waals surface area contributed by atoms with Gasteiger partial charge >= 0.3 is 12.2 Å². The van der Waals surface area contributed by atoms with E-state index >= 15 is 0 Å². The molecular formula is C26H26F5N3O. The highest BCUT2D eigenvalue weighted by atomic mass is 19.4. The van der Waals surface area contributed by atoms with Gasteiger partial charge in [-0.2, -0.15) is 13.2 Å². The minimum absolute atomic E-state index is 0.0638. The van der Waals surface area contributed by atoms with Crippen molar-refractivity contribution < 1.29 is 26.7 Å². The van der Waals surface area contributed by atoms with Gasteiger partial charge in [0.15, 0.2) is 0 Å². The fourth-order valence-electron chi connectivity index (χ4n) is 6.86. The first-order valence-electron chi connectivity index (χ1n) is 12.0. The number of aromatic nitrogens is 1. The Balaban J connectivity index is 0.935. The lowest BCUT2D eigenvalue weighted by Crippen LogP contribution is -2.70. The summed E-state index contributed by atoms with van der Waals surface area (Å²) in [5, 5.41) is 0. The maximum absolute atomic E-state index is 13.9. The third-order valence-electron chi connectivity index (χ3n) is 8.52. The predicted molar refractivity (Wildman–Crippen MR) is 117 cm³/mol. The smallest absolute Gasteiger partial charge is 0.323 e. The summed E-state index contributed by atoms with van der Waals surface area (Å²) >= 11 is 0. The number of pyridine rings is 1. The van der Waals surface area contributed by atoms with E-state index in [1.165, 1.54) is 24.4 Å². The molecule has 6 rings (SSSR count). The quantitative estimate of drug-likeness (QED) is 0.522. The van der Waals surface area contributed by atoms with Gasteiger partial charge in [0.1, 0.15) is 17.3 Å². The fraction of sp³-hybridized carbons (Fsp3) is 0.538. The van der Waals surface area contributed by atoms with Gasteiger partial charge in [0.25, 0.3) is 0 Å². The van der Waals surface area contributed by atoms with Gasteiger partial charge in [0.2, 0.25) is 0 Å². The summed E-state index contributed by atoms with van der Waals surface area (Å²) in [6.07, 6.45) is 1.17. The Hall–Kier alpha value is -2.71. The molecule has 0 unspecified atom stereocenters. The van der Waals surface area contributed by atoms with Gasteiger partial charge in [-0.25, -0.2) is 13.6 Å². The van der Waals surface area contributed by atoms with Gasteiger partial charge in [-0.05, 0) is 67.2 Å². The topological polar surface area (TPSA) is 36.4 Å². The van der Waals surface area contributed by atoms with Crippen molar-refractivity contribution in [3.63, 3.8) is 0 Å². The molecule has 4 aliphatic rings. The maximum Gasteiger partial charge on any atom is 0.433 e. The van der Waals surface area contributed by atoms with E-state index in [1.54, 1.807) is 0 Å². The van der Waals surface area contributed by atoms with E-state index in [9.17, 15) is 26.7 Å². The van der Waals surface area contributed by atoms with Crippen LogP contribution in [0.1, 0.15) is 48.4 Å². The van der Waals surface area contributed by atoms with Crippen LogP contribution in [0.25, 0.3) is 0 Å². The van der Waals surface area contributed by atoms with Crippen molar-refractivity contribution in [3.05, 3.63) is 65.0 Å². The van der Waals surface area contributed by atoms with Gasteiger partial charge in [-0.15, -0.1) is 0 Å². The van der Waals surface area contributed by atoms with E-state index in [0.29, 0.717) is 31.0 Å². The molecule has 2 aromatic rings. The van der Waals surface area contributed by atoms with Crippen LogP contribution in [0.15, 0.2) is 36.5 Å². The first-order chi connectivity index (χ1) is 16.5. The number of hydrogen-bond donors (Lipinski definition) is 0. The number of carbonyl (C=O) groups is 1. The summed E-state index contributed by atoms with van der Waals surface area (Å²) in [5.74, 6) is -0.486. The second kappa shape index (κ2) is 7.64. The number of carbonyl (C=O) groups excluding carboxylic acids is 1. The second-order valence-corrected chi connectivity index (χ2v) is 11.3. The van der Waals surface area contributed by atoms with Crippen molar-refractivity contribution in [1.82, 2.24) is 14.8 Å². The van der Waals surface area contributed by atoms with Crippen molar-refractivity contribution in [1.29, 1.82) is 0 Å². The van der Waals surface area contributed by atoms with Crippen LogP contribution in [0, 0.1) is 28.4 Å². The first kappa shape index (κ1) is 22.7. The van der Waals surface area contributed by atoms with Crippen LogP contribution in [-0.4, -0.2) is 47.0 Å². The number of amides is 2. The highest BCUT2D eigenvalue weighted by Crippen LogP contribution is 2.57. The second-order valence-electron chi connectivity index (χ2n) is 11.3. The number of likely N-dealkylation sites (tertiary alicyclic amines) is 2. The molecule has 2 saturated carbocycles. The molecule has 2 aliphatic carbocycles. The largest absolute Gasteiger partial charge is 0.433 e. The highest BCUT2D eigenvalue weighted by molar-refractivity contribution is 5.77. The Morgan fingerprint density at radius 2 is 1.57 bits per heavy atom. The van der Waals surface area contributed by atoms with Gasteiger partial charge < -0.3 is 9.80 Å². The van der Waals surface area contributed by atoms with Crippen molar-refractivity contribution in [2.45, 2.75) is 44.2 Å². The Labute approximate surface area is 200 Å². The molecule has 0 radical (unpaired) electrons. The fourth-order valence-corrected chi connectivity index (χ4v) is 6.86. The third kappa shape index (κ3) is 3.96. The molecule has 1 aromatic carbocycles. The standard InChI is InChI=1S/C26H26F5N3O/c27-20-3-1-17(21(28)6-20)5-16-7-24(8-16)12-33(13-24)23(35)34-14-25(15-34)9-19(10-25)18-2-4-22(32-11-18)26(29,30)31/h1-4,6,11,16,19H,5,7-10,12-15H2. The maximum atomic E-state index is 13.9. The summed E-state index contributed by atoms with van der Waals surface area (Å²) in [6.45, 7) is 2.87. The van der Waals surface area contributed by atoms with Gasteiger partial charge in [0.05, 0.1) is 0 Å². The zero-order valence-electron chi connectivity index (χ0n) is 19.1. The molecule has 3 heterocycles. The van der Waals surface area contributed by atoms with E-state index in [1.807, 2.05) is 9.80 Å². The highest BCUT2D eigenvalue weighted by Gasteiger charge is 2.58. The molecule has 2 aliphatic heterocycles. The summed E-state index contributed by atoms with van der Waals surface area (Å²) in [5.41, 5.74) is 0.750. The van der Waals surface area contributed by atoms with Crippen LogP contribution in [0.3, 0.4) is 0 Å². The summed E-state index contributed by atoms with van der Waals surface area (Å²) in [7, 11) is 0. The molecule has 9 heteroatoms. The number of alkyl halides is 3. The average Bonchev–Trinajstić information content (AvgIpc) is 2.67. The molecule has 0 N–H and O–H groups in total. The van der Waals surface area contributed by atoms with Crippen molar-refractivity contribution in [3.8, 4) is 0 Å². The number of nitrogens with zero attached hydrogens (tertiary/aromatic N) is 3. The molecule has 2 saturated heterocycles. The van der Waals surface area contributed by atoms with Crippen molar-refractivity contribution in [2.75, 3.05) is 26.2 Å². The molecule has 4 nitrogen and oxygen atoms in total. The summed E-state index contributed by atoms with van der Waals surface area (Å²) in [4.78, 5) is 20.2. The minimum atomic E-state index is -4.43. The normalized spacial score (nSPS) is 23.0. The molecule has 35 heavy (non-hydrogen) atoms. The van der Waals surface area contributed by atoms with E-state index < -0.39 is 23.5 Å². The number of hydrogen-bond acceptors (Lipinski definition) is 2. The third-order valence-corrected chi connectivity index (χ3v) is 8.52. The zero-order valence-corrected chi connectivity index (χ0v) is 19.1. The molecule has 0 atom stereocenters. The van der Waals surface area contributed by atoms with Gasteiger partial charge in [0, 0.05) is 49.3 Å². The summed E-state index contributed by atoms with van der Waals surface area (Å²) < 4.78 is 65.1. The van der Waals surface area contributed by atoms with Crippen molar-refractivity contribution in [2.24, 2.45) is 16.7 Å². The first-order valence-corrected chi connectivity index (χ1v) is 12.0. The number of benzene rings is 1. The van der Waals surface area contributed by atoms with Crippen LogP contribution in [-0.2, 0) is 12.6 Å². The lowest BCUT2D eigenvalue weighted by atomic mass is 9.55. The van der Waals surface area contributed by atoms with E-state index in [0.717, 1.165) is 56.5 Å². The summed E-state index contributed by atoms with van der Waals surface area (Å²) in [6, 6.07) is 6.36. The molecule has 4 fully saturated rings. The Kier molecular flexibility index (Phi) is 4.96. The molecule has 0 bridgehead atoms. The van der Waals surface area contributed by atoms with Crippen LogP contribution in [0.2, 0.25) is 0 Å². The van der Waals surface area contributed by atoms with E-state index in [2.05, 4.69) is 4.98 Å². The van der Waals surface area contributed by atoms with Crippen LogP contribution < -0.4 is 0 Å². The Bertz CT molecular complexity index is 1140. The number of rotatable bonds is 3. The SMILES string of the molecule is O=C(N1CC2(CC(Cc3ccc(F)cc3F)C2)C1)N1CC2(CC(c3ccc(C(F)(F)F)nc3)C2)C1. The Morgan fingerprint density at radius 3 is 2.11 bits per heavy atom. The van der Waals surface area contributed by atoms with E-state index in [-0.39, 0.29) is 22.8 Å². The lowest BCUT2D eigenvalue weighted by molar-refractivity contribution is -0.141. The number of halogens is 5.